The Bertz CT molecular complexity index is 920. The van der Waals surface area contributed by atoms with Crippen molar-refractivity contribution in [1.29, 1.82) is 0 Å². The van der Waals surface area contributed by atoms with Gasteiger partial charge < -0.3 is 18.9 Å². The fourth-order valence-electron chi connectivity index (χ4n) is 2.78. The smallest absolute Gasteiger partial charge is 0.275 e. The molecule has 3 rings (SSSR count). The maximum absolute atomic E-state index is 12.6. The fraction of sp³-hybridized carbons (Fsp3) is 0.238. The Morgan fingerprint density at radius 1 is 1.07 bits per heavy atom. The third kappa shape index (κ3) is 4.28. The second-order valence-corrected chi connectivity index (χ2v) is 6.10. The molecule has 0 aliphatic heterocycles. The first kappa shape index (κ1) is 18.5. The van der Waals surface area contributed by atoms with Crippen LogP contribution in [0.25, 0.3) is 11.3 Å². The normalized spacial score (nSPS) is 10.5. The van der Waals surface area contributed by atoms with Gasteiger partial charge in [-0.2, -0.15) is 0 Å². The summed E-state index contributed by atoms with van der Waals surface area (Å²) in [5, 5.41) is 3.93. The Hall–Kier alpha value is -3.28. The average Bonchev–Trinajstić information content (AvgIpc) is 3.22. The second-order valence-electron chi connectivity index (χ2n) is 6.10. The molecular weight excluding hydrogens is 344 g/mol. The number of likely N-dealkylation sites (N-methyl/N-ethyl adjacent to an activating group) is 1. The van der Waals surface area contributed by atoms with Gasteiger partial charge in [0.2, 0.25) is 0 Å². The molecular formula is C21H22N2O4. The summed E-state index contributed by atoms with van der Waals surface area (Å²) in [6.07, 6.45) is 0.687. The third-order valence-corrected chi connectivity index (χ3v) is 4.34. The zero-order valence-corrected chi connectivity index (χ0v) is 15.6. The van der Waals surface area contributed by atoms with Crippen molar-refractivity contribution < 1.29 is 18.8 Å². The molecule has 6 heteroatoms. The molecule has 0 N–H and O–H groups in total. The number of methoxy groups -OCH3 is 2. The van der Waals surface area contributed by atoms with Gasteiger partial charge in [0.15, 0.2) is 11.5 Å². The summed E-state index contributed by atoms with van der Waals surface area (Å²) < 4.78 is 15.9. The van der Waals surface area contributed by atoms with Gasteiger partial charge in [-0.05, 0) is 30.2 Å². The highest BCUT2D eigenvalue weighted by molar-refractivity contribution is 5.93. The fourth-order valence-corrected chi connectivity index (χ4v) is 2.78. The van der Waals surface area contributed by atoms with Crippen molar-refractivity contribution in [2.45, 2.75) is 6.42 Å². The van der Waals surface area contributed by atoms with Crippen molar-refractivity contribution in [2.24, 2.45) is 0 Å². The van der Waals surface area contributed by atoms with Gasteiger partial charge >= 0.3 is 0 Å². The predicted octanol–water partition coefficient (Wildman–Crippen LogP) is 3.67. The molecule has 0 radical (unpaired) electrons. The minimum absolute atomic E-state index is 0.192. The number of nitrogens with zero attached hydrogens (tertiary/aromatic N) is 2. The zero-order valence-electron chi connectivity index (χ0n) is 15.6. The second kappa shape index (κ2) is 8.40. The maximum atomic E-state index is 12.6. The molecule has 6 nitrogen and oxygen atoms in total. The van der Waals surface area contributed by atoms with Crippen molar-refractivity contribution in [3.63, 3.8) is 0 Å². The summed E-state index contributed by atoms with van der Waals surface area (Å²) in [6.45, 7) is 0.542. The summed E-state index contributed by atoms with van der Waals surface area (Å²) in [4.78, 5) is 14.3. The number of carbonyl (C=O) groups excluding carboxylic acids is 1. The standard InChI is InChI=1S/C21H22N2O4/c1-23(12-11-15-7-4-5-10-19(15)26-3)21(24)18-14-20(27-22-18)16-8-6-9-17(13-16)25-2/h4-10,13-14H,11-12H2,1-3H3. The van der Waals surface area contributed by atoms with Gasteiger partial charge in [0, 0.05) is 25.2 Å². The van der Waals surface area contributed by atoms with Crippen LogP contribution in [0.15, 0.2) is 59.1 Å². The number of hydrogen-bond donors (Lipinski definition) is 0. The van der Waals surface area contributed by atoms with E-state index in [1.54, 1.807) is 32.2 Å². The van der Waals surface area contributed by atoms with E-state index >= 15 is 0 Å². The maximum Gasteiger partial charge on any atom is 0.275 e. The third-order valence-electron chi connectivity index (χ3n) is 4.34. The molecule has 0 fully saturated rings. The van der Waals surface area contributed by atoms with E-state index in [1.807, 2.05) is 48.5 Å². The van der Waals surface area contributed by atoms with E-state index in [0.717, 1.165) is 16.9 Å². The van der Waals surface area contributed by atoms with Gasteiger partial charge in [0.05, 0.1) is 14.2 Å². The van der Waals surface area contributed by atoms with Crippen LogP contribution in [0.4, 0.5) is 0 Å². The van der Waals surface area contributed by atoms with Crippen LogP contribution in [0.2, 0.25) is 0 Å². The van der Waals surface area contributed by atoms with E-state index in [1.165, 1.54) is 0 Å². The van der Waals surface area contributed by atoms with Crippen LogP contribution in [0.1, 0.15) is 16.1 Å². The van der Waals surface area contributed by atoms with Crippen LogP contribution in [0, 0.1) is 0 Å². The van der Waals surface area contributed by atoms with Crippen LogP contribution in [-0.4, -0.2) is 43.8 Å². The number of para-hydroxylation sites is 1. The van der Waals surface area contributed by atoms with Crippen LogP contribution in [0.3, 0.4) is 0 Å². The monoisotopic (exact) mass is 366 g/mol. The number of amides is 1. The molecule has 0 saturated carbocycles. The molecule has 3 aromatic rings. The largest absolute Gasteiger partial charge is 0.497 e. The molecule has 0 spiro atoms. The van der Waals surface area contributed by atoms with E-state index < -0.39 is 0 Å². The lowest BCUT2D eigenvalue weighted by molar-refractivity contribution is 0.0786. The van der Waals surface area contributed by atoms with Gasteiger partial charge in [-0.3, -0.25) is 4.79 Å². The number of ether oxygens (including phenoxy) is 2. The summed E-state index contributed by atoms with van der Waals surface area (Å²) in [5.41, 5.74) is 2.13. The van der Waals surface area contributed by atoms with Crippen LogP contribution in [-0.2, 0) is 6.42 Å². The highest BCUT2D eigenvalue weighted by Gasteiger charge is 2.18. The van der Waals surface area contributed by atoms with E-state index in [9.17, 15) is 4.79 Å². The SMILES string of the molecule is COc1cccc(-c2cc(C(=O)N(C)CCc3ccccc3OC)no2)c1. The van der Waals surface area contributed by atoms with Gasteiger partial charge in [-0.1, -0.05) is 35.5 Å². The predicted molar refractivity (Wildman–Crippen MR) is 102 cm³/mol. The molecule has 0 bridgehead atoms. The minimum Gasteiger partial charge on any atom is -0.497 e. The molecule has 27 heavy (non-hydrogen) atoms. The van der Waals surface area contributed by atoms with Gasteiger partial charge in [-0.15, -0.1) is 0 Å². The zero-order chi connectivity index (χ0) is 19.2. The summed E-state index contributed by atoms with van der Waals surface area (Å²) in [7, 11) is 4.99. The lowest BCUT2D eigenvalue weighted by Gasteiger charge is -2.16. The van der Waals surface area contributed by atoms with Crippen LogP contribution in [0.5, 0.6) is 11.5 Å². The molecule has 0 saturated heterocycles. The minimum atomic E-state index is -0.192. The number of aromatic nitrogens is 1. The molecule has 2 aromatic carbocycles. The summed E-state index contributed by atoms with van der Waals surface area (Å²) in [6, 6.07) is 16.8. The molecule has 1 aromatic heterocycles. The number of benzene rings is 2. The Labute approximate surface area is 158 Å². The van der Waals surface area contributed by atoms with Gasteiger partial charge in [0.1, 0.15) is 11.5 Å². The van der Waals surface area contributed by atoms with Crippen LogP contribution >= 0.6 is 0 Å². The summed E-state index contributed by atoms with van der Waals surface area (Å²) >= 11 is 0. The van der Waals surface area contributed by atoms with E-state index in [-0.39, 0.29) is 11.6 Å². The Kier molecular flexibility index (Phi) is 5.76. The van der Waals surface area contributed by atoms with E-state index in [0.29, 0.717) is 24.5 Å². The van der Waals surface area contributed by atoms with Crippen molar-refractivity contribution in [1.82, 2.24) is 10.1 Å². The first-order valence-electron chi connectivity index (χ1n) is 8.61. The average molecular weight is 366 g/mol. The number of rotatable bonds is 7. The highest BCUT2D eigenvalue weighted by Crippen LogP contribution is 2.25. The van der Waals surface area contributed by atoms with Crippen molar-refractivity contribution in [3.8, 4) is 22.8 Å². The van der Waals surface area contributed by atoms with Gasteiger partial charge in [0.25, 0.3) is 5.91 Å². The number of carbonyl (C=O) groups is 1. The number of hydrogen-bond acceptors (Lipinski definition) is 5. The van der Waals surface area contributed by atoms with E-state index in [2.05, 4.69) is 5.16 Å². The molecule has 0 aliphatic carbocycles. The Morgan fingerprint density at radius 3 is 2.67 bits per heavy atom. The van der Waals surface area contributed by atoms with Gasteiger partial charge in [-0.25, -0.2) is 0 Å². The van der Waals surface area contributed by atoms with Crippen molar-refractivity contribution in [3.05, 3.63) is 65.9 Å². The molecule has 1 heterocycles. The van der Waals surface area contributed by atoms with Crippen LogP contribution < -0.4 is 9.47 Å². The first-order valence-corrected chi connectivity index (χ1v) is 8.61. The van der Waals surface area contributed by atoms with Crippen molar-refractivity contribution in [2.75, 3.05) is 27.8 Å². The first-order chi connectivity index (χ1) is 13.1. The molecule has 1 amide bonds. The van der Waals surface area contributed by atoms with E-state index in [4.69, 9.17) is 14.0 Å². The Balaban J connectivity index is 1.67. The topological polar surface area (TPSA) is 64.8 Å². The highest BCUT2D eigenvalue weighted by atomic mass is 16.5. The molecule has 0 aliphatic rings. The Morgan fingerprint density at radius 2 is 1.89 bits per heavy atom. The molecule has 140 valence electrons. The lowest BCUT2D eigenvalue weighted by Crippen LogP contribution is -2.29. The summed E-state index contributed by atoms with van der Waals surface area (Å²) in [5.74, 6) is 1.86. The quantitative estimate of drug-likeness (QED) is 0.638. The molecule has 0 unspecified atom stereocenters. The van der Waals surface area contributed by atoms with Crippen molar-refractivity contribution >= 4 is 5.91 Å². The lowest BCUT2D eigenvalue weighted by atomic mass is 10.1. The molecule has 0 atom stereocenters.